The molecule has 1 aromatic heterocycles. The standard InChI is InChI=1S/C25H25N5O4/c31-23(32)17-30(25(34)22-3-1-2-12-27-22)21-10-6-19(7-11-21)28-24(33)18-4-8-20(9-5-18)29-15-13-26-14-16-29/h1-12,26H,13-17H2,(H,28,33)(H,31,32). The summed E-state index contributed by atoms with van der Waals surface area (Å²) in [5, 5.41) is 15.4. The van der Waals surface area contributed by atoms with Crippen LogP contribution in [0.2, 0.25) is 0 Å². The third-order valence-corrected chi connectivity index (χ3v) is 5.47. The van der Waals surface area contributed by atoms with Crippen molar-refractivity contribution in [2.24, 2.45) is 0 Å². The van der Waals surface area contributed by atoms with Gasteiger partial charge in [0.25, 0.3) is 11.8 Å². The number of carboxylic acids is 1. The van der Waals surface area contributed by atoms with Gasteiger partial charge in [-0.2, -0.15) is 0 Å². The van der Waals surface area contributed by atoms with Crippen molar-refractivity contribution in [2.45, 2.75) is 0 Å². The number of aromatic nitrogens is 1. The largest absolute Gasteiger partial charge is 0.480 e. The number of nitrogens with one attached hydrogen (secondary N) is 2. The Morgan fingerprint density at radius 3 is 2.29 bits per heavy atom. The highest BCUT2D eigenvalue weighted by Crippen LogP contribution is 2.21. The number of benzene rings is 2. The number of piperazine rings is 1. The summed E-state index contributed by atoms with van der Waals surface area (Å²) in [5.41, 5.74) is 2.67. The van der Waals surface area contributed by atoms with Gasteiger partial charge in [-0.25, -0.2) is 0 Å². The van der Waals surface area contributed by atoms with Gasteiger partial charge in [-0.1, -0.05) is 6.07 Å². The van der Waals surface area contributed by atoms with Crippen LogP contribution >= 0.6 is 0 Å². The molecule has 174 valence electrons. The van der Waals surface area contributed by atoms with Crippen LogP contribution in [0.5, 0.6) is 0 Å². The van der Waals surface area contributed by atoms with Crippen molar-refractivity contribution >= 4 is 34.8 Å². The predicted molar refractivity (Wildman–Crippen MR) is 129 cm³/mol. The predicted octanol–water partition coefficient (Wildman–Crippen LogP) is 2.47. The van der Waals surface area contributed by atoms with Gasteiger partial charge in [-0.3, -0.25) is 24.3 Å². The van der Waals surface area contributed by atoms with E-state index in [0.29, 0.717) is 16.9 Å². The van der Waals surface area contributed by atoms with E-state index >= 15 is 0 Å². The fourth-order valence-corrected chi connectivity index (χ4v) is 3.72. The van der Waals surface area contributed by atoms with E-state index in [1.54, 1.807) is 48.5 Å². The maximum absolute atomic E-state index is 12.8. The number of anilines is 3. The van der Waals surface area contributed by atoms with Crippen LogP contribution in [-0.4, -0.2) is 60.6 Å². The summed E-state index contributed by atoms with van der Waals surface area (Å²) >= 11 is 0. The number of carbonyl (C=O) groups excluding carboxylic acids is 2. The minimum Gasteiger partial charge on any atom is -0.480 e. The van der Waals surface area contributed by atoms with Crippen LogP contribution in [0.1, 0.15) is 20.8 Å². The number of carboxylic acid groups (broad SMARTS) is 1. The highest BCUT2D eigenvalue weighted by atomic mass is 16.4. The van der Waals surface area contributed by atoms with Gasteiger partial charge in [0.2, 0.25) is 0 Å². The molecule has 1 aliphatic rings. The Bertz CT molecular complexity index is 1140. The molecule has 0 atom stereocenters. The highest BCUT2D eigenvalue weighted by molar-refractivity contribution is 6.07. The zero-order chi connectivity index (χ0) is 23.9. The van der Waals surface area contributed by atoms with Crippen LogP contribution < -0.4 is 20.4 Å². The lowest BCUT2D eigenvalue weighted by atomic mass is 10.1. The maximum atomic E-state index is 12.8. The zero-order valence-corrected chi connectivity index (χ0v) is 18.5. The quantitative estimate of drug-likeness (QED) is 0.497. The second-order valence-corrected chi connectivity index (χ2v) is 7.78. The smallest absolute Gasteiger partial charge is 0.323 e. The zero-order valence-electron chi connectivity index (χ0n) is 18.5. The molecule has 0 saturated carbocycles. The van der Waals surface area contributed by atoms with E-state index in [2.05, 4.69) is 20.5 Å². The van der Waals surface area contributed by atoms with E-state index in [-0.39, 0.29) is 11.6 Å². The number of amides is 2. The molecule has 0 bridgehead atoms. The van der Waals surface area contributed by atoms with Crippen molar-refractivity contribution in [1.82, 2.24) is 10.3 Å². The SMILES string of the molecule is O=C(O)CN(C(=O)c1ccccn1)c1ccc(NC(=O)c2ccc(N3CCNCC3)cc2)cc1. The molecule has 2 heterocycles. The second kappa shape index (κ2) is 10.6. The number of hydrogen-bond donors (Lipinski definition) is 3. The lowest BCUT2D eigenvalue weighted by Crippen LogP contribution is -2.43. The van der Waals surface area contributed by atoms with Crippen LogP contribution in [0, 0.1) is 0 Å². The van der Waals surface area contributed by atoms with Gasteiger partial charge in [0, 0.05) is 55.0 Å². The van der Waals surface area contributed by atoms with E-state index in [1.165, 1.54) is 12.3 Å². The fourth-order valence-electron chi connectivity index (χ4n) is 3.72. The first-order valence-electron chi connectivity index (χ1n) is 10.9. The molecule has 3 N–H and O–H groups in total. The molecule has 1 saturated heterocycles. The third-order valence-electron chi connectivity index (χ3n) is 5.47. The van der Waals surface area contributed by atoms with Crippen LogP contribution in [0.3, 0.4) is 0 Å². The van der Waals surface area contributed by atoms with Crippen LogP contribution in [0.25, 0.3) is 0 Å². The molecule has 34 heavy (non-hydrogen) atoms. The minimum absolute atomic E-state index is 0.144. The highest BCUT2D eigenvalue weighted by Gasteiger charge is 2.21. The fraction of sp³-hybridized carbons (Fsp3) is 0.200. The van der Waals surface area contributed by atoms with Gasteiger partial charge < -0.3 is 20.6 Å². The Kier molecular flexibility index (Phi) is 7.14. The number of aliphatic carboxylic acids is 1. The molecule has 0 radical (unpaired) electrons. The van der Waals surface area contributed by atoms with Crippen molar-refractivity contribution in [3.63, 3.8) is 0 Å². The summed E-state index contributed by atoms with van der Waals surface area (Å²) in [6, 6.07) is 18.8. The molecule has 9 heteroatoms. The summed E-state index contributed by atoms with van der Waals surface area (Å²) in [4.78, 5) is 44.2. The van der Waals surface area contributed by atoms with Gasteiger partial charge in [0.15, 0.2) is 0 Å². The monoisotopic (exact) mass is 459 g/mol. The maximum Gasteiger partial charge on any atom is 0.323 e. The molecule has 3 aromatic rings. The number of hydrogen-bond acceptors (Lipinski definition) is 6. The summed E-state index contributed by atoms with van der Waals surface area (Å²) < 4.78 is 0. The minimum atomic E-state index is -1.15. The second-order valence-electron chi connectivity index (χ2n) is 7.78. The Balaban J connectivity index is 1.44. The van der Waals surface area contributed by atoms with Gasteiger partial charge in [-0.15, -0.1) is 0 Å². The number of carbonyl (C=O) groups is 3. The molecule has 4 rings (SSSR count). The van der Waals surface area contributed by atoms with Gasteiger partial charge in [0.05, 0.1) is 0 Å². The summed E-state index contributed by atoms with van der Waals surface area (Å²) in [5.74, 6) is -1.93. The van der Waals surface area contributed by atoms with E-state index in [4.69, 9.17) is 0 Å². The van der Waals surface area contributed by atoms with Crippen molar-refractivity contribution < 1.29 is 19.5 Å². The van der Waals surface area contributed by atoms with Crippen molar-refractivity contribution in [2.75, 3.05) is 47.8 Å². The number of rotatable bonds is 7. The molecule has 9 nitrogen and oxygen atoms in total. The first kappa shape index (κ1) is 22.9. The van der Waals surface area contributed by atoms with Crippen molar-refractivity contribution in [1.29, 1.82) is 0 Å². The first-order chi connectivity index (χ1) is 16.5. The van der Waals surface area contributed by atoms with Gasteiger partial charge in [-0.05, 0) is 60.7 Å². The van der Waals surface area contributed by atoms with Crippen LogP contribution in [0.4, 0.5) is 17.1 Å². The Morgan fingerprint density at radius 1 is 0.971 bits per heavy atom. The summed E-state index contributed by atoms with van der Waals surface area (Å²) in [6.07, 6.45) is 1.47. The van der Waals surface area contributed by atoms with Crippen LogP contribution in [0.15, 0.2) is 72.9 Å². The lowest BCUT2D eigenvalue weighted by Gasteiger charge is -2.29. The van der Waals surface area contributed by atoms with Crippen LogP contribution in [-0.2, 0) is 4.79 Å². The molecule has 0 aliphatic carbocycles. The summed E-state index contributed by atoms with van der Waals surface area (Å²) in [7, 11) is 0. The molecular weight excluding hydrogens is 434 g/mol. The average Bonchev–Trinajstić information content (AvgIpc) is 2.88. The van der Waals surface area contributed by atoms with Crippen molar-refractivity contribution in [3.05, 3.63) is 84.2 Å². The molecular formula is C25H25N5O4. The molecule has 1 aliphatic heterocycles. The summed E-state index contributed by atoms with van der Waals surface area (Å²) in [6.45, 7) is 3.23. The van der Waals surface area contributed by atoms with E-state index in [1.807, 2.05) is 12.1 Å². The molecule has 0 spiro atoms. The Labute approximate surface area is 197 Å². The van der Waals surface area contributed by atoms with E-state index in [0.717, 1.165) is 36.8 Å². The lowest BCUT2D eigenvalue weighted by molar-refractivity contribution is -0.135. The van der Waals surface area contributed by atoms with Gasteiger partial charge >= 0.3 is 5.97 Å². The molecule has 2 aromatic carbocycles. The normalized spacial score (nSPS) is 13.2. The molecule has 0 unspecified atom stereocenters. The topological polar surface area (TPSA) is 115 Å². The number of nitrogens with zero attached hydrogens (tertiary/aromatic N) is 3. The molecule has 2 amide bonds. The Morgan fingerprint density at radius 2 is 1.68 bits per heavy atom. The first-order valence-corrected chi connectivity index (χ1v) is 10.9. The Hall–Kier alpha value is -4.24. The van der Waals surface area contributed by atoms with Crippen molar-refractivity contribution in [3.8, 4) is 0 Å². The van der Waals surface area contributed by atoms with Gasteiger partial charge in [0.1, 0.15) is 12.2 Å². The van der Waals surface area contributed by atoms with E-state index in [9.17, 15) is 19.5 Å². The third kappa shape index (κ3) is 5.57. The average molecular weight is 460 g/mol. The molecule has 1 fully saturated rings. The van der Waals surface area contributed by atoms with E-state index < -0.39 is 18.4 Å². The number of pyridine rings is 1.